The van der Waals surface area contributed by atoms with Crippen LogP contribution in [0.2, 0.25) is 5.02 Å². The number of imide groups is 1. The SMILES string of the molecule is O=C(OCCN1C(=O)c2ccccc2C1=O)c1ccc(=O)n(Cc2ccccc2Cl)c1. The third kappa shape index (κ3) is 4.13. The van der Waals surface area contributed by atoms with E-state index in [-0.39, 0.29) is 30.8 Å². The highest BCUT2D eigenvalue weighted by molar-refractivity contribution is 6.31. The Kier molecular flexibility index (Phi) is 5.68. The van der Waals surface area contributed by atoms with Crippen LogP contribution in [0.3, 0.4) is 0 Å². The molecule has 0 unspecified atom stereocenters. The van der Waals surface area contributed by atoms with Crippen molar-refractivity contribution >= 4 is 29.4 Å². The van der Waals surface area contributed by atoms with Crippen LogP contribution in [0, 0.1) is 0 Å². The Hall–Kier alpha value is -3.71. The third-order valence-electron chi connectivity index (χ3n) is 4.94. The summed E-state index contributed by atoms with van der Waals surface area (Å²) in [5, 5.41) is 0.517. The van der Waals surface area contributed by atoms with E-state index in [2.05, 4.69) is 0 Å². The number of esters is 1. The maximum absolute atomic E-state index is 12.4. The predicted octanol–water partition coefficient (Wildman–Crippen LogP) is 3.00. The van der Waals surface area contributed by atoms with Gasteiger partial charge in [-0.15, -0.1) is 0 Å². The Morgan fingerprint density at radius 2 is 1.52 bits per heavy atom. The van der Waals surface area contributed by atoms with Crippen LogP contribution in [-0.4, -0.2) is 40.4 Å². The van der Waals surface area contributed by atoms with Crippen molar-refractivity contribution in [2.75, 3.05) is 13.2 Å². The molecule has 4 rings (SSSR count). The molecule has 1 aromatic heterocycles. The number of hydrogen-bond acceptors (Lipinski definition) is 5. The molecule has 1 aliphatic heterocycles. The number of pyridine rings is 1. The minimum absolute atomic E-state index is 0.0582. The van der Waals surface area contributed by atoms with Crippen molar-refractivity contribution in [3.63, 3.8) is 0 Å². The van der Waals surface area contributed by atoms with E-state index in [0.717, 1.165) is 10.5 Å². The minimum atomic E-state index is -0.662. The van der Waals surface area contributed by atoms with Gasteiger partial charge < -0.3 is 9.30 Å². The summed E-state index contributed by atoms with van der Waals surface area (Å²) in [7, 11) is 0. The second-order valence-electron chi connectivity index (χ2n) is 6.92. The van der Waals surface area contributed by atoms with Gasteiger partial charge in [-0.25, -0.2) is 4.79 Å². The molecule has 8 heteroatoms. The Balaban J connectivity index is 1.41. The zero-order valence-electron chi connectivity index (χ0n) is 16.3. The Morgan fingerprint density at radius 3 is 2.19 bits per heavy atom. The van der Waals surface area contributed by atoms with Crippen LogP contribution in [0.4, 0.5) is 0 Å². The summed E-state index contributed by atoms with van der Waals surface area (Å²) in [5.74, 6) is -1.49. The second-order valence-corrected chi connectivity index (χ2v) is 7.33. The van der Waals surface area contributed by atoms with Crippen molar-refractivity contribution in [1.82, 2.24) is 9.47 Å². The maximum atomic E-state index is 12.4. The number of ether oxygens (including phenoxy) is 1. The van der Waals surface area contributed by atoms with E-state index >= 15 is 0 Å². The maximum Gasteiger partial charge on any atom is 0.339 e. The summed E-state index contributed by atoms with van der Waals surface area (Å²) in [6.45, 7) is -0.0139. The van der Waals surface area contributed by atoms with Crippen molar-refractivity contribution in [3.8, 4) is 0 Å². The normalized spacial score (nSPS) is 12.7. The van der Waals surface area contributed by atoms with E-state index in [1.807, 2.05) is 6.07 Å². The number of hydrogen-bond donors (Lipinski definition) is 0. The van der Waals surface area contributed by atoms with Crippen molar-refractivity contribution in [2.24, 2.45) is 0 Å². The fraction of sp³-hybridized carbons (Fsp3) is 0.130. The number of nitrogens with zero attached hydrogens (tertiary/aromatic N) is 2. The van der Waals surface area contributed by atoms with Gasteiger partial charge >= 0.3 is 5.97 Å². The molecule has 0 atom stereocenters. The first-order valence-electron chi connectivity index (χ1n) is 9.52. The van der Waals surface area contributed by atoms with Crippen LogP contribution < -0.4 is 5.56 Å². The molecular weight excluding hydrogens is 420 g/mol. The molecule has 0 spiro atoms. The highest BCUT2D eigenvalue weighted by Gasteiger charge is 2.34. The van der Waals surface area contributed by atoms with Crippen molar-refractivity contribution in [2.45, 2.75) is 6.54 Å². The number of carbonyl (C=O) groups excluding carboxylic acids is 3. The van der Waals surface area contributed by atoms with Crippen molar-refractivity contribution in [1.29, 1.82) is 0 Å². The van der Waals surface area contributed by atoms with Crippen LogP contribution in [0.25, 0.3) is 0 Å². The summed E-state index contributed by atoms with van der Waals surface area (Å²) in [5.41, 5.74) is 1.30. The molecule has 2 amide bonds. The zero-order chi connectivity index (χ0) is 22.0. The molecule has 2 aromatic carbocycles. The average Bonchev–Trinajstić information content (AvgIpc) is 3.01. The number of benzene rings is 2. The van der Waals surface area contributed by atoms with Crippen LogP contribution in [-0.2, 0) is 11.3 Å². The molecule has 0 saturated heterocycles. The van der Waals surface area contributed by atoms with Gasteiger partial charge in [0.2, 0.25) is 0 Å². The van der Waals surface area contributed by atoms with Crippen LogP contribution in [0.1, 0.15) is 36.6 Å². The lowest BCUT2D eigenvalue weighted by atomic mass is 10.1. The quantitative estimate of drug-likeness (QED) is 0.438. The number of fused-ring (bicyclic) bond motifs is 1. The van der Waals surface area contributed by atoms with E-state index in [0.29, 0.717) is 16.1 Å². The van der Waals surface area contributed by atoms with Gasteiger partial charge in [-0.3, -0.25) is 19.3 Å². The molecule has 0 N–H and O–H groups in total. The van der Waals surface area contributed by atoms with E-state index in [9.17, 15) is 19.2 Å². The molecule has 3 aromatic rings. The second kappa shape index (κ2) is 8.57. The predicted molar refractivity (Wildman–Crippen MR) is 113 cm³/mol. The number of rotatable bonds is 6. The fourth-order valence-electron chi connectivity index (χ4n) is 3.34. The summed E-state index contributed by atoms with van der Waals surface area (Å²) >= 11 is 6.15. The fourth-order valence-corrected chi connectivity index (χ4v) is 3.54. The third-order valence-corrected chi connectivity index (χ3v) is 5.31. The molecule has 2 heterocycles. The summed E-state index contributed by atoms with van der Waals surface area (Å²) in [4.78, 5) is 50.4. The van der Waals surface area contributed by atoms with E-state index in [1.165, 1.54) is 22.9 Å². The van der Waals surface area contributed by atoms with E-state index in [4.69, 9.17) is 16.3 Å². The summed E-state index contributed by atoms with van der Waals surface area (Å²) in [6.07, 6.45) is 1.40. The Morgan fingerprint density at radius 1 is 0.871 bits per heavy atom. The van der Waals surface area contributed by atoms with Gasteiger partial charge in [0.15, 0.2) is 0 Å². The highest BCUT2D eigenvalue weighted by Crippen LogP contribution is 2.22. The molecule has 0 bridgehead atoms. The first kappa shape index (κ1) is 20.6. The molecule has 0 aliphatic carbocycles. The van der Waals surface area contributed by atoms with Gasteiger partial charge in [0, 0.05) is 17.3 Å². The smallest absolute Gasteiger partial charge is 0.339 e. The minimum Gasteiger partial charge on any atom is -0.460 e. The standard InChI is InChI=1S/C23H17ClN2O5/c24-19-8-4-1-5-15(19)13-25-14-16(9-10-20(25)27)23(30)31-12-11-26-21(28)17-6-2-3-7-18(17)22(26)29/h1-10,14H,11-13H2. The van der Waals surface area contributed by atoms with Gasteiger partial charge in [-0.05, 0) is 29.8 Å². The van der Waals surface area contributed by atoms with Gasteiger partial charge in [0.1, 0.15) is 6.61 Å². The topological polar surface area (TPSA) is 85.7 Å². The monoisotopic (exact) mass is 436 g/mol. The molecule has 7 nitrogen and oxygen atoms in total. The van der Waals surface area contributed by atoms with Crippen LogP contribution in [0.15, 0.2) is 71.7 Å². The number of amides is 2. The molecule has 31 heavy (non-hydrogen) atoms. The first-order chi connectivity index (χ1) is 15.0. The zero-order valence-corrected chi connectivity index (χ0v) is 17.0. The molecule has 156 valence electrons. The number of aromatic nitrogens is 1. The van der Waals surface area contributed by atoms with E-state index < -0.39 is 17.8 Å². The van der Waals surface area contributed by atoms with Gasteiger partial charge in [0.25, 0.3) is 17.4 Å². The van der Waals surface area contributed by atoms with Crippen LogP contribution >= 0.6 is 11.6 Å². The average molecular weight is 437 g/mol. The molecule has 0 saturated carbocycles. The van der Waals surface area contributed by atoms with Crippen LogP contribution in [0.5, 0.6) is 0 Å². The van der Waals surface area contributed by atoms with E-state index in [1.54, 1.807) is 42.5 Å². The number of carbonyl (C=O) groups is 3. The first-order valence-corrected chi connectivity index (χ1v) is 9.90. The lowest BCUT2D eigenvalue weighted by Crippen LogP contribution is -2.33. The summed E-state index contributed by atoms with van der Waals surface area (Å²) < 4.78 is 6.59. The lowest BCUT2D eigenvalue weighted by molar-refractivity contribution is 0.0419. The van der Waals surface area contributed by atoms with Crippen molar-refractivity contribution < 1.29 is 19.1 Å². The van der Waals surface area contributed by atoms with Gasteiger partial charge in [0.05, 0.1) is 29.8 Å². The summed E-state index contributed by atoms with van der Waals surface area (Å²) in [6, 6.07) is 16.3. The molecular formula is C23H17ClN2O5. The van der Waals surface area contributed by atoms with Gasteiger partial charge in [-0.2, -0.15) is 0 Å². The lowest BCUT2D eigenvalue weighted by Gasteiger charge is -2.14. The molecule has 0 fully saturated rings. The highest BCUT2D eigenvalue weighted by atomic mass is 35.5. The molecule has 1 aliphatic rings. The van der Waals surface area contributed by atoms with Crippen molar-refractivity contribution in [3.05, 3.63) is 104 Å². The molecule has 0 radical (unpaired) electrons. The van der Waals surface area contributed by atoms with Gasteiger partial charge in [-0.1, -0.05) is 41.9 Å². The Labute approximate surface area is 182 Å². The largest absolute Gasteiger partial charge is 0.460 e. The Bertz CT molecular complexity index is 1220. The number of halogens is 1.